The molecule has 0 atom stereocenters. The van der Waals surface area contributed by atoms with Crippen LogP contribution >= 0.6 is 34.7 Å². The van der Waals surface area contributed by atoms with Gasteiger partial charge in [0.15, 0.2) is 11.7 Å². The lowest BCUT2D eigenvalue weighted by Gasteiger charge is -2.08. The van der Waals surface area contributed by atoms with E-state index in [-0.39, 0.29) is 15.9 Å². The molecular formula is C17H12ClN3O5S2. The van der Waals surface area contributed by atoms with E-state index in [1.165, 1.54) is 11.8 Å². The van der Waals surface area contributed by atoms with Crippen LogP contribution in [0.15, 0.2) is 47.5 Å². The van der Waals surface area contributed by atoms with Crippen molar-refractivity contribution in [2.75, 3.05) is 17.7 Å². The van der Waals surface area contributed by atoms with Crippen molar-refractivity contribution in [2.24, 2.45) is 0 Å². The zero-order valence-corrected chi connectivity index (χ0v) is 16.5. The van der Waals surface area contributed by atoms with E-state index in [0.29, 0.717) is 16.4 Å². The van der Waals surface area contributed by atoms with E-state index in [4.69, 9.17) is 16.3 Å². The number of aromatic nitrogens is 1. The molecule has 1 heterocycles. The van der Waals surface area contributed by atoms with Crippen molar-refractivity contribution in [3.63, 3.8) is 0 Å². The number of hydrogen-bond acceptors (Lipinski definition) is 8. The van der Waals surface area contributed by atoms with Crippen molar-refractivity contribution in [2.45, 2.75) is 4.90 Å². The number of nitrogens with zero attached hydrogens (tertiary/aromatic N) is 2. The van der Waals surface area contributed by atoms with Gasteiger partial charge < -0.3 is 4.74 Å². The standard InChI is InChI=1S/C17H12ClN3O5S2/c18-11-5-1-3-10-4-2-6-12(16(10)11)27-9-15(23)26-8-13(22)20-17-19-7-14(28-17)21(24)25/h1-7H,8-9H2,(H,19,20,22). The second-order valence-electron chi connectivity index (χ2n) is 5.35. The fraction of sp³-hybridized carbons (Fsp3) is 0.118. The van der Waals surface area contributed by atoms with Crippen LogP contribution in [-0.4, -0.2) is 34.1 Å². The van der Waals surface area contributed by atoms with E-state index < -0.39 is 23.4 Å². The number of rotatable bonds is 7. The molecule has 11 heteroatoms. The van der Waals surface area contributed by atoms with Crippen molar-refractivity contribution in [1.82, 2.24) is 4.98 Å². The maximum atomic E-state index is 11.9. The summed E-state index contributed by atoms with van der Waals surface area (Å²) < 4.78 is 4.93. The van der Waals surface area contributed by atoms with Crippen LogP contribution in [0.25, 0.3) is 10.8 Å². The minimum atomic E-state index is -0.629. The molecule has 1 amide bonds. The number of ether oxygens (including phenoxy) is 1. The minimum Gasteiger partial charge on any atom is -0.455 e. The van der Waals surface area contributed by atoms with Gasteiger partial charge in [-0.1, -0.05) is 35.9 Å². The summed E-state index contributed by atoms with van der Waals surface area (Å²) in [7, 11) is 0. The molecule has 0 spiro atoms. The number of halogens is 1. The lowest BCUT2D eigenvalue weighted by Crippen LogP contribution is -2.21. The number of anilines is 1. The second kappa shape index (κ2) is 9.00. The zero-order chi connectivity index (χ0) is 20.1. The maximum Gasteiger partial charge on any atom is 0.345 e. The van der Waals surface area contributed by atoms with Gasteiger partial charge in [0.05, 0.1) is 10.7 Å². The Morgan fingerprint density at radius 3 is 2.75 bits per heavy atom. The van der Waals surface area contributed by atoms with E-state index in [2.05, 4.69) is 10.3 Å². The molecule has 0 saturated carbocycles. The van der Waals surface area contributed by atoms with Gasteiger partial charge in [-0.15, -0.1) is 11.8 Å². The number of thiazole rings is 1. The van der Waals surface area contributed by atoms with Crippen molar-refractivity contribution in [3.05, 3.63) is 57.7 Å². The van der Waals surface area contributed by atoms with Crippen molar-refractivity contribution >= 4 is 67.5 Å². The van der Waals surface area contributed by atoms with Gasteiger partial charge >= 0.3 is 11.0 Å². The molecule has 0 aliphatic carbocycles. The molecule has 0 radical (unpaired) electrons. The third kappa shape index (κ3) is 4.97. The van der Waals surface area contributed by atoms with Crippen LogP contribution in [0.4, 0.5) is 10.1 Å². The monoisotopic (exact) mass is 437 g/mol. The first kappa shape index (κ1) is 20.1. The number of nitro groups is 1. The van der Waals surface area contributed by atoms with Crippen molar-refractivity contribution in [3.8, 4) is 0 Å². The van der Waals surface area contributed by atoms with Gasteiger partial charge in [0.1, 0.15) is 6.20 Å². The van der Waals surface area contributed by atoms with Gasteiger partial charge in [0.2, 0.25) is 0 Å². The molecule has 2 aromatic carbocycles. The molecular weight excluding hydrogens is 426 g/mol. The summed E-state index contributed by atoms with van der Waals surface area (Å²) >= 11 is 8.22. The van der Waals surface area contributed by atoms with E-state index >= 15 is 0 Å². The Morgan fingerprint density at radius 2 is 2.04 bits per heavy atom. The van der Waals surface area contributed by atoms with Crippen LogP contribution in [0, 0.1) is 10.1 Å². The summed E-state index contributed by atoms with van der Waals surface area (Å²) in [6, 6.07) is 11.2. The first-order chi connectivity index (χ1) is 13.4. The highest BCUT2D eigenvalue weighted by Gasteiger charge is 2.15. The van der Waals surface area contributed by atoms with Gasteiger partial charge in [-0.25, -0.2) is 4.98 Å². The summed E-state index contributed by atoms with van der Waals surface area (Å²) in [5.41, 5.74) is 0. The summed E-state index contributed by atoms with van der Waals surface area (Å²) in [6.07, 6.45) is 1.04. The summed E-state index contributed by atoms with van der Waals surface area (Å²) in [5, 5.41) is 15.2. The maximum absolute atomic E-state index is 11.9. The Bertz CT molecular complexity index is 1050. The van der Waals surface area contributed by atoms with Crippen molar-refractivity contribution < 1.29 is 19.2 Å². The Balaban J connectivity index is 1.51. The molecule has 0 unspecified atom stereocenters. The first-order valence-electron chi connectivity index (χ1n) is 7.80. The third-order valence-electron chi connectivity index (χ3n) is 3.45. The molecule has 0 aliphatic rings. The lowest BCUT2D eigenvalue weighted by atomic mass is 10.1. The van der Waals surface area contributed by atoms with Crippen LogP contribution in [0.5, 0.6) is 0 Å². The van der Waals surface area contributed by atoms with Crippen molar-refractivity contribution in [1.29, 1.82) is 0 Å². The highest BCUT2D eigenvalue weighted by molar-refractivity contribution is 8.00. The highest BCUT2D eigenvalue weighted by Crippen LogP contribution is 2.33. The molecule has 0 bridgehead atoms. The highest BCUT2D eigenvalue weighted by atomic mass is 35.5. The molecule has 3 aromatic rings. The first-order valence-corrected chi connectivity index (χ1v) is 9.98. The van der Waals surface area contributed by atoms with E-state index in [1.54, 1.807) is 6.07 Å². The fourth-order valence-corrected chi connectivity index (χ4v) is 4.16. The molecule has 1 N–H and O–H groups in total. The summed E-state index contributed by atoms with van der Waals surface area (Å²) in [6.45, 7) is -0.511. The van der Waals surface area contributed by atoms with Gasteiger partial charge in [-0.05, 0) is 28.9 Å². The number of carbonyl (C=O) groups is 2. The topological polar surface area (TPSA) is 111 Å². The molecule has 8 nitrogen and oxygen atoms in total. The number of fused-ring (bicyclic) bond motifs is 1. The number of nitrogens with one attached hydrogen (secondary N) is 1. The van der Waals surface area contributed by atoms with Gasteiger partial charge in [-0.2, -0.15) is 0 Å². The number of carbonyl (C=O) groups excluding carboxylic acids is 2. The predicted octanol–water partition coefficient (Wildman–Crippen LogP) is 4.13. The lowest BCUT2D eigenvalue weighted by molar-refractivity contribution is -0.380. The fourth-order valence-electron chi connectivity index (χ4n) is 2.27. The number of hydrogen-bond donors (Lipinski definition) is 1. The van der Waals surface area contributed by atoms with Gasteiger partial charge in [0.25, 0.3) is 5.91 Å². The zero-order valence-electron chi connectivity index (χ0n) is 14.1. The minimum absolute atomic E-state index is 0.000338. The number of amides is 1. The SMILES string of the molecule is O=C(COC(=O)CSc1cccc2cccc(Cl)c12)Nc1ncc([N+](=O)[O-])s1. The Hall–Kier alpha value is -2.69. The molecule has 144 valence electrons. The van der Waals surface area contributed by atoms with Crippen LogP contribution in [0.3, 0.4) is 0 Å². The molecule has 28 heavy (non-hydrogen) atoms. The largest absolute Gasteiger partial charge is 0.455 e. The average molecular weight is 438 g/mol. The van der Waals surface area contributed by atoms with Crippen LogP contribution in [0.2, 0.25) is 5.02 Å². The number of thioether (sulfide) groups is 1. The van der Waals surface area contributed by atoms with E-state index in [9.17, 15) is 19.7 Å². The summed E-state index contributed by atoms with van der Waals surface area (Å²) in [5.74, 6) is -1.20. The molecule has 1 aromatic heterocycles. The molecule has 0 saturated heterocycles. The molecule has 0 fully saturated rings. The number of esters is 1. The van der Waals surface area contributed by atoms with Crippen LogP contribution in [-0.2, 0) is 14.3 Å². The Morgan fingerprint density at radius 1 is 1.29 bits per heavy atom. The van der Waals surface area contributed by atoms with Crippen LogP contribution < -0.4 is 5.32 Å². The molecule has 0 aliphatic heterocycles. The van der Waals surface area contributed by atoms with E-state index in [0.717, 1.165) is 21.9 Å². The van der Waals surface area contributed by atoms with Crippen LogP contribution in [0.1, 0.15) is 0 Å². The quantitative estimate of drug-likeness (QED) is 0.256. The Kier molecular flexibility index (Phi) is 6.45. The normalized spacial score (nSPS) is 10.6. The number of benzene rings is 2. The summed E-state index contributed by atoms with van der Waals surface area (Å²) in [4.78, 5) is 38.2. The molecule has 3 rings (SSSR count). The predicted molar refractivity (Wildman–Crippen MR) is 108 cm³/mol. The Labute approximate surface area is 172 Å². The van der Waals surface area contributed by atoms with Gasteiger partial charge in [-0.3, -0.25) is 25.0 Å². The van der Waals surface area contributed by atoms with E-state index in [1.807, 2.05) is 30.3 Å². The second-order valence-corrected chi connectivity index (χ2v) is 7.79. The smallest absolute Gasteiger partial charge is 0.345 e. The average Bonchev–Trinajstić information content (AvgIpc) is 3.13. The van der Waals surface area contributed by atoms with Gasteiger partial charge in [0, 0.05) is 15.3 Å². The third-order valence-corrected chi connectivity index (χ3v) is 5.66.